The van der Waals surface area contributed by atoms with Crippen LogP contribution in [0.25, 0.3) is 0 Å². The number of ether oxygens (including phenoxy) is 2. The van der Waals surface area contributed by atoms with E-state index < -0.39 is 5.54 Å². The molecule has 0 spiro atoms. The minimum atomic E-state index is -0.777. The fourth-order valence-corrected chi connectivity index (χ4v) is 1.94. The van der Waals surface area contributed by atoms with Gasteiger partial charge in [-0.15, -0.1) is 0 Å². The number of esters is 1. The first-order chi connectivity index (χ1) is 9.18. The van der Waals surface area contributed by atoms with E-state index >= 15 is 0 Å². The minimum absolute atomic E-state index is 0.254. The molecule has 1 unspecified atom stereocenters. The molecule has 1 atom stereocenters. The van der Waals surface area contributed by atoms with E-state index in [1.54, 1.807) is 7.11 Å². The molecule has 4 nitrogen and oxygen atoms in total. The van der Waals surface area contributed by atoms with E-state index in [-0.39, 0.29) is 5.97 Å². The second-order valence-electron chi connectivity index (χ2n) is 4.43. The molecule has 0 aliphatic carbocycles. The van der Waals surface area contributed by atoms with E-state index in [0.717, 1.165) is 5.56 Å². The van der Waals surface area contributed by atoms with Gasteiger partial charge < -0.3 is 9.47 Å². The smallest absolute Gasteiger partial charge is 0.328 e. The predicted octanol–water partition coefficient (Wildman–Crippen LogP) is 2.13. The number of carbonyl (C=O) groups is 1. The van der Waals surface area contributed by atoms with Crippen molar-refractivity contribution in [2.45, 2.75) is 32.4 Å². The van der Waals surface area contributed by atoms with Crippen LogP contribution in [0.5, 0.6) is 0 Å². The zero-order chi connectivity index (χ0) is 14.1. The largest absolute Gasteiger partial charge is 0.465 e. The standard InChI is InChI=1S/C15H23NO3/c1-4-15(12-18-3,14(17)19-5-2)16-11-13-9-7-6-8-10-13/h6-10,16H,4-5,11-12H2,1-3H3. The molecule has 19 heavy (non-hydrogen) atoms. The van der Waals surface area contributed by atoms with Crippen LogP contribution in [0.15, 0.2) is 30.3 Å². The number of benzene rings is 1. The van der Waals surface area contributed by atoms with Gasteiger partial charge in [0, 0.05) is 13.7 Å². The number of rotatable bonds is 8. The Balaban J connectivity index is 2.76. The molecule has 1 aromatic carbocycles. The van der Waals surface area contributed by atoms with Crippen LogP contribution in [0.1, 0.15) is 25.8 Å². The van der Waals surface area contributed by atoms with Crippen LogP contribution in [-0.2, 0) is 20.8 Å². The summed E-state index contributed by atoms with van der Waals surface area (Å²) < 4.78 is 10.3. The van der Waals surface area contributed by atoms with Gasteiger partial charge in [0.2, 0.25) is 0 Å². The molecule has 1 rings (SSSR count). The molecule has 0 bridgehead atoms. The van der Waals surface area contributed by atoms with Crippen molar-refractivity contribution in [3.8, 4) is 0 Å². The Morgan fingerprint density at radius 1 is 1.26 bits per heavy atom. The fourth-order valence-electron chi connectivity index (χ4n) is 1.94. The zero-order valence-electron chi connectivity index (χ0n) is 11.9. The Hall–Kier alpha value is -1.39. The zero-order valence-corrected chi connectivity index (χ0v) is 11.9. The molecule has 0 saturated carbocycles. The van der Waals surface area contributed by atoms with Crippen LogP contribution in [0, 0.1) is 0 Å². The third-order valence-electron chi connectivity index (χ3n) is 3.13. The van der Waals surface area contributed by atoms with Crippen LogP contribution in [0.2, 0.25) is 0 Å². The lowest BCUT2D eigenvalue weighted by Crippen LogP contribution is -2.55. The third kappa shape index (κ3) is 4.33. The average molecular weight is 265 g/mol. The molecule has 0 amide bonds. The summed E-state index contributed by atoms with van der Waals surface area (Å²) in [7, 11) is 1.59. The lowest BCUT2D eigenvalue weighted by Gasteiger charge is -2.30. The maximum Gasteiger partial charge on any atom is 0.328 e. The fraction of sp³-hybridized carbons (Fsp3) is 0.533. The molecule has 1 aromatic rings. The SMILES string of the molecule is CCOC(=O)C(CC)(COC)NCc1ccccc1. The highest BCUT2D eigenvalue weighted by atomic mass is 16.5. The van der Waals surface area contributed by atoms with Crippen molar-refractivity contribution >= 4 is 5.97 Å². The monoisotopic (exact) mass is 265 g/mol. The van der Waals surface area contributed by atoms with Gasteiger partial charge in [0.05, 0.1) is 13.2 Å². The molecule has 106 valence electrons. The van der Waals surface area contributed by atoms with Crippen LogP contribution >= 0.6 is 0 Å². The highest BCUT2D eigenvalue weighted by Crippen LogP contribution is 2.15. The molecular weight excluding hydrogens is 242 g/mol. The van der Waals surface area contributed by atoms with Crippen molar-refractivity contribution in [3.63, 3.8) is 0 Å². The third-order valence-corrected chi connectivity index (χ3v) is 3.13. The number of nitrogens with one attached hydrogen (secondary N) is 1. The number of hydrogen-bond acceptors (Lipinski definition) is 4. The van der Waals surface area contributed by atoms with E-state index in [1.165, 1.54) is 0 Å². The molecule has 0 saturated heterocycles. The van der Waals surface area contributed by atoms with E-state index in [2.05, 4.69) is 5.32 Å². The van der Waals surface area contributed by atoms with E-state index in [4.69, 9.17) is 9.47 Å². The first kappa shape index (κ1) is 15.7. The Morgan fingerprint density at radius 2 is 1.95 bits per heavy atom. The molecule has 0 radical (unpaired) electrons. The van der Waals surface area contributed by atoms with Crippen molar-refractivity contribution < 1.29 is 14.3 Å². The molecule has 0 fully saturated rings. The molecular formula is C15H23NO3. The van der Waals surface area contributed by atoms with Crippen molar-refractivity contribution in [3.05, 3.63) is 35.9 Å². The summed E-state index contributed by atoms with van der Waals surface area (Å²) in [6.45, 7) is 5.04. The van der Waals surface area contributed by atoms with E-state index in [0.29, 0.717) is 26.2 Å². The van der Waals surface area contributed by atoms with Crippen LogP contribution in [0.4, 0.5) is 0 Å². The highest BCUT2D eigenvalue weighted by molar-refractivity contribution is 5.81. The summed E-state index contributed by atoms with van der Waals surface area (Å²) >= 11 is 0. The van der Waals surface area contributed by atoms with Crippen LogP contribution in [0.3, 0.4) is 0 Å². The minimum Gasteiger partial charge on any atom is -0.465 e. The van der Waals surface area contributed by atoms with Gasteiger partial charge >= 0.3 is 5.97 Å². The lowest BCUT2D eigenvalue weighted by molar-refractivity contribution is -0.154. The highest BCUT2D eigenvalue weighted by Gasteiger charge is 2.37. The Labute approximate surface area is 115 Å². The molecule has 4 heteroatoms. The summed E-state index contributed by atoms with van der Waals surface area (Å²) in [4.78, 5) is 12.1. The van der Waals surface area contributed by atoms with Gasteiger partial charge in [0.1, 0.15) is 5.54 Å². The van der Waals surface area contributed by atoms with Crippen molar-refractivity contribution in [2.75, 3.05) is 20.3 Å². The first-order valence-corrected chi connectivity index (χ1v) is 6.63. The maximum atomic E-state index is 12.1. The van der Waals surface area contributed by atoms with Crippen molar-refractivity contribution in [1.29, 1.82) is 0 Å². The molecule has 0 heterocycles. The Bertz CT molecular complexity index is 380. The second-order valence-corrected chi connectivity index (χ2v) is 4.43. The predicted molar refractivity (Wildman–Crippen MR) is 74.8 cm³/mol. The maximum absolute atomic E-state index is 12.1. The van der Waals surface area contributed by atoms with Gasteiger partial charge in [-0.05, 0) is 18.9 Å². The van der Waals surface area contributed by atoms with Gasteiger partial charge in [0.15, 0.2) is 0 Å². The van der Waals surface area contributed by atoms with Crippen LogP contribution < -0.4 is 5.32 Å². The average Bonchev–Trinajstić information content (AvgIpc) is 2.45. The number of hydrogen-bond donors (Lipinski definition) is 1. The van der Waals surface area contributed by atoms with Gasteiger partial charge in [-0.2, -0.15) is 0 Å². The van der Waals surface area contributed by atoms with Crippen molar-refractivity contribution in [1.82, 2.24) is 5.32 Å². The van der Waals surface area contributed by atoms with E-state index in [1.807, 2.05) is 44.2 Å². The topological polar surface area (TPSA) is 47.6 Å². The summed E-state index contributed by atoms with van der Waals surface area (Å²) in [5.41, 5.74) is 0.348. The van der Waals surface area contributed by atoms with Crippen LogP contribution in [-0.4, -0.2) is 31.8 Å². The van der Waals surface area contributed by atoms with Gasteiger partial charge in [-0.3, -0.25) is 5.32 Å². The number of carbonyl (C=O) groups excluding carboxylic acids is 1. The quantitative estimate of drug-likeness (QED) is 0.732. The Kier molecular flexibility index (Phi) is 6.53. The summed E-state index contributed by atoms with van der Waals surface area (Å²) in [6.07, 6.45) is 0.618. The van der Waals surface area contributed by atoms with Gasteiger partial charge in [-0.25, -0.2) is 4.79 Å². The summed E-state index contributed by atoms with van der Waals surface area (Å²) in [5, 5.41) is 3.29. The Morgan fingerprint density at radius 3 is 2.47 bits per heavy atom. The summed E-state index contributed by atoms with van der Waals surface area (Å²) in [6, 6.07) is 9.96. The second kappa shape index (κ2) is 7.92. The van der Waals surface area contributed by atoms with E-state index in [9.17, 15) is 4.79 Å². The molecule has 0 aliphatic heterocycles. The summed E-state index contributed by atoms with van der Waals surface area (Å²) in [5.74, 6) is -0.254. The molecule has 0 aliphatic rings. The van der Waals surface area contributed by atoms with Crippen molar-refractivity contribution in [2.24, 2.45) is 0 Å². The lowest BCUT2D eigenvalue weighted by atomic mass is 9.96. The molecule has 0 aromatic heterocycles. The van der Waals surface area contributed by atoms with Gasteiger partial charge in [-0.1, -0.05) is 37.3 Å². The first-order valence-electron chi connectivity index (χ1n) is 6.63. The normalized spacial score (nSPS) is 13.8. The molecule has 1 N–H and O–H groups in total. The number of methoxy groups -OCH3 is 1. The van der Waals surface area contributed by atoms with Gasteiger partial charge in [0.25, 0.3) is 0 Å².